The second-order valence-electron chi connectivity index (χ2n) is 6.69. The van der Waals surface area contributed by atoms with Gasteiger partial charge in [0.15, 0.2) is 0 Å². The summed E-state index contributed by atoms with van der Waals surface area (Å²) >= 11 is 6.79. The summed E-state index contributed by atoms with van der Waals surface area (Å²) in [5.41, 5.74) is 4.92. The standard InChI is InChI=1S/C26H17Cl/c27-26-23-16-8-6-14-21(23)25(22-15-7-9-17-24(22)26)20-13-5-4-12-19(20)18-10-2-1-3-11-18/h1-17H. The van der Waals surface area contributed by atoms with Crippen LogP contribution in [0.5, 0.6) is 0 Å². The van der Waals surface area contributed by atoms with Crippen LogP contribution in [-0.4, -0.2) is 0 Å². The Kier molecular flexibility index (Phi) is 3.92. The van der Waals surface area contributed by atoms with Crippen molar-refractivity contribution in [1.82, 2.24) is 0 Å². The molecule has 0 bridgehead atoms. The molecule has 0 saturated carbocycles. The maximum atomic E-state index is 6.79. The van der Waals surface area contributed by atoms with Gasteiger partial charge >= 0.3 is 0 Å². The first-order valence-corrected chi connectivity index (χ1v) is 9.46. The van der Waals surface area contributed by atoms with Crippen molar-refractivity contribution in [3.05, 3.63) is 108 Å². The van der Waals surface area contributed by atoms with Gasteiger partial charge in [-0.25, -0.2) is 0 Å². The molecule has 27 heavy (non-hydrogen) atoms. The van der Waals surface area contributed by atoms with Crippen molar-refractivity contribution in [2.75, 3.05) is 0 Å². The predicted molar refractivity (Wildman–Crippen MR) is 117 cm³/mol. The van der Waals surface area contributed by atoms with E-state index in [0.29, 0.717) is 0 Å². The highest BCUT2D eigenvalue weighted by Crippen LogP contribution is 2.44. The molecule has 128 valence electrons. The highest BCUT2D eigenvalue weighted by atomic mass is 35.5. The lowest BCUT2D eigenvalue weighted by molar-refractivity contribution is 1.61. The first kappa shape index (κ1) is 16.1. The topological polar surface area (TPSA) is 0 Å². The fourth-order valence-corrected chi connectivity index (χ4v) is 4.27. The average Bonchev–Trinajstić information content (AvgIpc) is 2.75. The molecule has 5 aromatic carbocycles. The summed E-state index contributed by atoms with van der Waals surface area (Å²) in [7, 11) is 0. The number of hydrogen-bond acceptors (Lipinski definition) is 0. The van der Waals surface area contributed by atoms with Crippen molar-refractivity contribution in [2.45, 2.75) is 0 Å². The van der Waals surface area contributed by atoms with Gasteiger partial charge in [0.25, 0.3) is 0 Å². The van der Waals surface area contributed by atoms with E-state index in [9.17, 15) is 0 Å². The monoisotopic (exact) mass is 364 g/mol. The molecule has 0 spiro atoms. The van der Waals surface area contributed by atoms with Crippen LogP contribution in [0.3, 0.4) is 0 Å². The predicted octanol–water partition coefficient (Wildman–Crippen LogP) is 7.98. The van der Waals surface area contributed by atoms with Crippen molar-refractivity contribution >= 4 is 33.1 Å². The lowest BCUT2D eigenvalue weighted by Crippen LogP contribution is -1.90. The Morgan fingerprint density at radius 2 is 0.852 bits per heavy atom. The first-order valence-electron chi connectivity index (χ1n) is 9.08. The summed E-state index contributed by atoms with van der Waals surface area (Å²) in [6.45, 7) is 0. The molecule has 0 amide bonds. The smallest absolute Gasteiger partial charge is 0.0563 e. The van der Waals surface area contributed by atoms with Crippen LogP contribution in [0.25, 0.3) is 43.8 Å². The van der Waals surface area contributed by atoms with Crippen molar-refractivity contribution in [1.29, 1.82) is 0 Å². The maximum absolute atomic E-state index is 6.79. The second-order valence-corrected chi connectivity index (χ2v) is 7.07. The molecule has 0 saturated heterocycles. The molecule has 0 N–H and O–H groups in total. The number of halogens is 1. The van der Waals surface area contributed by atoms with Crippen LogP contribution in [0.2, 0.25) is 5.02 Å². The number of hydrogen-bond donors (Lipinski definition) is 0. The zero-order valence-corrected chi connectivity index (χ0v) is 15.4. The second kappa shape index (κ2) is 6.57. The molecule has 1 heteroatoms. The minimum atomic E-state index is 0.821. The Morgan fingerprint density at radius 1 is 0.407 bits per heavy atom. The zero-order valence-electron chi connectivity index (χ0n) is 14.7. The summed E-state index contributed by atoms with van der Waals surface area (Å²) in [4.78, 5) is 0. The molecule has 0 aliphatic heterocycles. The summed E-state index contributed by atoms with van der Waals surface area (Å²) in [5.74, 6) is 0. The number of rotatable bonds is 2. The molecule has 0 unspecified atom stereocenters. The molecule has 5 aromatic rings. The van der Waals surface area contributed by atoms with Gasteiger partial charge in [0, 0.05) is 10.8 Å². The van der Waals surface area contributed by atoms with Gasteiger partial charge in [0.05, 0.1) is 5.02 Å². The van der Waals surface area contributed by atoms with Crippen LogP contribution in [0.15, 0.2) is 103 Å². The molecule has 0 heterocycles. The van der Waals surface area contributed by atoms with Gasteiger partial charge in [-0.05, 0) is 33.0 Å². The quantitative estimate of drug-likeness (QED) is 0.278. The molecule has 0 radical (unpaired) electrons. The lowest BCUT2D eigenvalue weighted by atomic mass is 9.88. The summed E-state index contributed by atoms with van der Waals surface area (Å²) < 4.78 is 0. The van der Waals surface area contributed by atoms with Gasteiger partial charge in [0.2, 0.25) is 0 Å². The fraction of sp³-hybridized carbons (Fsp3) is 0. The Balaban J connectivity index is 1.96. The van der Waals surface area contributed by atoms with E-state index in [4.69, 9.17) is 11.6 Å². The van der Waals surface area contributed by atoms with Gasteiger partial charge in [0.1, 0.15) is 0 Å². The van der Waals surface area contributed by atoms with Crippen molar-refractivity contribution in [3.63, 3.8) is 0 Å². The van der Waals surface area contributed by atoms with E-state index >= 15 is 0 Å². The Morgan fingerprint density at radius 3 is 1.44 bits per heavy atom. The molecular formula is C26H17Cl. The van der Waals surface area contributed by atoms with Crippen molar-refractivity contribution in [3.8, 4) is 22.3 Å². The normalized spacial score (nSPS) is 11.1. The van der Waals surface area contributed by atoms with Gasteiger partial charge in [-0.1, -0.05) is 115 Å². The Bertz CT molecular complexity index is 1210. The van der Waals surface area contributed by atoms with E-state index in [0.717, 1.165) is 15.8 Å². The van der Waals surface area contributed by atoms with Crippen LogP contribution in [0.4, 0.5) is 0 Å². The largest absolute Gasteiger partial charge is 0.0830 e. The molecule has 0 aliphatic rings. The third kappa shape index (κ3) is 2.61. The van der Waals surface area contributed by atoms with E-state index in [1.165, 1.54) is 33.0 Å². The zero-order chi connectivity index (χ0) is 18.2. The van der Waals surface area contributed by atoms with E-state index in [1.54, 1.807) is 0 Å². The lowest BCUT2D eigenvalue weighted by Gasteiger charge is -2.17. The summed E-state index contributed by atoms with van der Waals surface area (Å²) in [5, 5.41) is 5.38. The molecular weight excluding hydrogens is 348 g/mol. The minimum absolute atomic E-state index is 0.821. The van der Waals surface area contributed by atoms with Crippen LogP contribution < -0.4 is 0 Å². The third-order valence-corrected chi connectivity index (χ3v) is 5.55. The van der Waals surface area contributed by atoms with Crippen molar-refractivity contribution in [2.24, 2.45) is 0 Å². The number of benzene rings is 5. The minimum Gasteiger partial charge on any atom is -0.0830 e. The van der Waals surface area contributed by atoms with E-state index in [1.807, 2.05) is 0 Å². The molecule has 0 aromatic heterocycles. The Labute approximate surface area is 163 Å². The summed E-state index contributed by atoms with van der Waals surface area (Å²) in [6.07, 6.45) is 0. The van der Waals surface area contributed by atoms with Gasteiger partial charge in [-0.3, -0.25) is 0 Å². The SMILES string of the molecule is Clc1c2ccccc2c(-c2ccccc2-c2ccccc2)c2ccccc12. The maximum Gasteiger partial charge on any atom is 0.0563 e. The third-order valence-electron chi connectivity index (χ3n) is 5.15. The highest BCUT2D eigenvalue weighted by Gasteiger charge is 2.16. The Hall–Kier alpha value is -3.09. The number of fused-ring (bicyclic) bond motifs is 2. The van der Waals surface area contributed by atoms with E-state index < -0.39 is 0 Å². The molecule has 5 rings (SSSR count). The molecule has 0 nitrogen and oxygen atoms in total. The van der Waals surface area contributed by atoms with Crippen LogP contribution in [0, 0.1) is 0 Å². The molecule has 0 fully saturated rings. The summed E-state index contributed by atoms with van der Waals surface area (Å²) in [6, 6.07) is 36.0. The first-order chi connectivity index (χ1) is 13.3. The fourth-order valence-electron chi connectivity index (χ4n) is 3.94. The van der Waals surface area contributed by atoms with E-state index in [-0.39, 0.29) is 0 Å². The van der Waals surface area contributed by atoms with Gasteiger partial charge in [-0.15, -0.1) is 0 Å². The van der Waals surface area contributed by atoms with E-state index in [2.05, 4.69) is 103 Å². The van der Waals surface area contributed by atoms with Crippen molar-refractivity contribution < 1.29 is 0 Å². The van der Waals surface area contributed by atoms with Crippen LogP contribution in [-0.2, 0) is 0 Å². The average molecular weight is 365 g/mol. The van der Waals surface area contributed by atoms with Gasteiger partial charge < -0.3 is 0 Å². The molecule has 0 atom stereocenters. The van der Waals surface area contributed by atoms with Crippen LogP contribution >= 0.6 is 11.6 Å². The van der Waals surface area contributed by atoms with Crippen LogP contribution in [0.1, 0.15) is 0 Å². The van der Waals surface area contributed by atoms with Gasteiger partial charge in [-0.2, -0.15) is 0 Å². The highest BCUT2D eigenvalue weighted by molar-refractivity contribution is 6.42. The molecule has 0 aliphatic carbocycles.